The number of benzene rings is 1. The molecule has 1 fully saturated rings. The van der Waals surface area contributed by atoms with Crippen LogP contribution in [0.3, 0.4) is 0 Å². The second kappa shape index (κ2) is 8.22. The van der Waals surface area contributed by atoms with Crippen molar-refractivity contribution >= 4 is 5.91 Å². The zero-order valence-electron chi connectivity index (χ0n) is 15.1. The van der Waals surface area contributed by atoms with Crippen LogP contribution in [-0.2, 0) is 17.9 Å². The standard InChI is InChI=1S/C21H23N3O3/c25-20(17-8-4-10-24(13-17)14-19-9-5-11-26-19)22-12-18-15-27-21(23-18)16-6-2-1-3-7-16/h1-3,5-7,9,11,15,17H,4,8,10,12-14H2,(H,22,25). The molecule has 1 N–H and O–H groups in total. The fourth-order valence-corrected chi connectivity index (χ4v) is 3.46. The number of likely N-dealkylation sites (tertiary alicyclic amines) is 1. The summed E-state index contributed by atoms with van der Waals surface area (Å²) in [4.78, 5) is 19.3. The van der Waals surface area contributed by atoms with Gasteiger partial charge in [0.15, 0.2) is 0 Å². The number of furan rings is 1. The number of nitrogens with one attached hydrogen (secondary N) is 1. The van der Waals surface area contributed by atoms with Crippen LogP contribution in [0.5, 0.6) is 0 Å². The Labute approximate surface area is 158 Å². The first-order valence-corrected chi connectivity index (χ1v) is 9.30. The molecule has 1 amide bonds. The van der Waals surface area contributed by atoms with Crippen molar-refractivity contribution in [3.63, 3.8) is 0 Å². The molecule has 0 saturated carbocycles. The Morgan fingerprint density at radius 1 is 1.19 bits per heavy atom. The van der Waals surface area contributed by atoms with E-state index < -0.39 is 0 Å². The van der Waals surface area contributed by atoms with Gasteiger partial charge in [-0.2, -0.15) is 0 Å². The molecule has 4 rings (SSSR count). The van der Waals surface area contributed by atoms with Crippen LogP contribution in [0, 0.1) is 5.92 Å². The Balaban J connectivity index is 1.29. The molecule has 1 atom stereocenters. The van der Waals surface area contributed by atoms with E-state index >= 15 is 0 Å². The van der Waals surface area contributed by atoms with Gasteiger partial charge in [0.1, 0.15) is 12.0 Å². The maximum Gasteiger partial charge on any atom is 0.226 e. The van der Waals surface area contributed by atoms with Crippen LogP contribution in [0.2, 0.25) is 0 Å². The number of nitrogens with zero attached hydrogens (tertiary/aromatic N) is 2. The molecule has 0 radical (unpaired) electrons. The van der Waals surface area contributed by atoms with Crippen molar-refractivity contribution in [3.8, 4) is 11.5 Å². The monoisotopic (exact) mass is 365 g/mol. The topological polar surface area (TPSA) is 71.5 Å². The molecule has 27 heavy (non-hydrogen) atoms. The van der Waals surface area contributed by atoms with Crippen LogP contribution in [0.1, 0.15) is 24.3 Å². The summed E-state index contributed by atoms with van der Waals surface area (Å²) in [5.74, 6) is 1.58. The molecule has 1 aliphatic heterocycles. The van der Waals surface area contributed by atoms with E-state index in [1.807, 2.05) is 42.5 Å². The summed E-state index contributed by atoms with van der Waals surface area (Å²) < 4.78 is 10.9. The van der Waals surface area contributed by atoms with E-state index in [-0.39, 0.29) is 11.8 Å². The van der Waals surface area contributed by atoms with E-state index in [2.05, 4.69) is 15.2 Å². The molecule has 0 spiro atoms. The van der Waals surface area contributed by atoms with Gasteiger partial charge in [-0.1, -0.05) is 18.2 Å². The lowest BCUT2D eigenvalue weighted by molar-refractivity contribution is -0.127. The van der Waals surface area contributed by atoms with Crippen molar-refractivity contribution in [1.29, 1.82) is 0 Å². The minimum Gasteiger partial charge on any atom is -0.468 e. The van der Waals surface area contributed by atoms with Crippen molar-refractivity contribution in [2.75, 3.05) is 13.1 Å². The minimum absolute atomic E-state index is 0.00536. The van der Waals surface area contributed by atoms with Gasteiger partial charge in [-0.05, 0) is 43.7 Å². The number of aromatic nitrogens is 1. The minimum atomic E-state index is -0.00536. The number of carbonyl (C=O) groups is 1. The molecule has 1 aliphatic rings. The third-order valence-corrected chi connectivity index (χ3v) is 4.85. The molecule has 2 aromatic heterocycles. The van der Waals surface area contributed by atoms with Crippen molar-refractivity contribution < 1.29 is 13.6 Å². The molecule has 3 aromatic rings. The lowest BCUT2D eigenvalue weighted by atomic mass is 9.97. The van der Waals surface area contributed by atoms with Gasteiger partial charge in [0.2, 0.25) is 11.8 Å². The third-order valence-electron chi connectivity index (χ3n) is 4.85. The predicted octanol–water partition coefficient (Wildman–Crippen LogP) is 3.46. The molecule has 0 bridgehead atoms. The summed E-state index contributed by atoms with van der Waals surface area (Å²) in [5.41, 5.74) is 1.65. The van der Waals surface area contributed by atoms with E-state index in [9.17, 15) is 4.79 Å². The van der Waals surface area contributed by atoms with Gasteiger partial charge in [0, 0.05) is 12.1 Å². The Kier molecular flexibility index (Phi) is 5.34. The summed E-state index contributed by atoms with van der Waals surface area (Å²) in [7, 11) is 0. The van der Waals surface area contributed by atoms with E-state index in [4.69, 9.17) is 8.83 Å². The molecule has 0 aliphatic carbocycles. The summed E-state index contributed by atoms with van der Waals surface area (Å²) in [6.45, 7) is 2.87. The number of piperidine rings is 1. The van der Waals surface area contributed by atoms with Crippen molar-refractivity contribution in [2.45, 2.75) is 25.9 Å². The second-order valence-corrected chi connectivity index (χ2v) is 6.88. The highest BCUT2D eigenvalue weighted by atomic mass is 16.3. The number of rotatable bonds is 6. The maximum atomic E-state index is 12.6. The molecule has 1 aromatic carbocycles. The van der Waals surface area contributed by atoms with Gasteiger partial charge in [-0.15, -0.1) is 0 Å². The predicted molar refractivity (Wildman–Crippen MR) is 100 cm³/mol. The van der Waals surface area contributed by atoms with Gasteiger partial charge in [0.05, 0.1) is 31.0 Å². The average Bonchev–Trinajstić information content (AvgIpc) is 3.39. The SMILES string of the molecule is O=C(NCc1coc(-c2ccccc2)n1)C1CCCN(Cc2ccco2)C1. The third kappa shape index (κ3) is 4.46. The zero-order valence-corrected chi connectivity index (χ0v) is 15.1. The van der Waals surface area contributed by atoms with Crippen LogP contribution in [0.4, 0.5) is 0 Å². The lowest BCUT2D eigenvalue weighted by Gasteiger charge is -2.31. The number of hydrogen-bond acceptors (Lipinski definition) is 5. The van der Waals surface area contributed by atoms with Gasteiger partial charge in [0.25, 0.3) is 0 Å². The molecular formula is C21H23N3O3. The maximum absolute atomic E-state index is 12.6. The van der Waals surface area contributed by atoms with Crippen LogP contribution < -0.4 is 5.32 Å². The van der Waals surface area contributed by atoms with Crippen molar-refractivity contribution in [2.24, 2.45) is 5.92 Å². The first kappa shape index (κ1) is 17.5. The van der Waals surface area contributed by atoms with Gasteiger partial charge in [-0.25, -0.2) is 4.98 Å². The smallest absolute Gasteiger partial charge is 0.226 e. The van der Waals surface area contributed by atoms with Crippen LogP contribution in [0.25, 0.3) is 11.5 Å². The largest absolute Gasteiger partial charge is 0.468 e. The number of carbonyl (C=O) groups excluding carboxylic acids is 1. The first-order valence-electron chi connectivity index (χ1n) is 9.30. The van der Waals surface area contributed by atoms with Crippen LogP contribution >= 0.6 is 0 Å². The van der Waals surface area contributed by atoms with E-state index in [1.54, 1.807) is 12.5 Å². The second-order valence-electron chi connectivity index (χ2n) is 6.88. The quantitative estimate of drug-likeness (QED) is 0.724. The number of amides is 1. The van der Waals surface area contributed by atoms with Crippen LogP contribution in [0.15, 0.2) is 63.8 Å². The van der Waals surface area contributed by atoms with Gasteiger partial charge in [-0.3, -0.25) is 9.69 Å². The molecule has 3 heterocycles. The van der Waals surface area contributed by atoms with Crippen molar-refractivity contribution in [3.05, 3.63) is 66.4 Å². The normalized spacial score (nSPS) is 17.7. The highest BCUT2D eigenvalue weighted by molar-refractivity contribution is 5.78. The summed E-state index contributed by atoms with van der Waals surface area (Å²) in [6.07, 6.45) is 5.22. The van der Waals surface area contributed by atoms with E-state index in [1.165, 1.54) is 0 Å². The van der Waals surface area contributed by atoms with Crippen LogP contribution in [-0.4, -0.2) is 28.9 Å². The Morgan fingerprint density at radius 2 is 2.07 bits per heavy atom. The molecule has 6 nitrogen and oxygen atoms in total. The summed E-state index contributed by atoms with van der Waals surface area (Å²) >= 11 is 0. The highest BCUT2D eigenvalue weighted by Gasteiger charge is 2.26. The average molecular weight is 365 g/mol. The molecule has 140 valence electrons. The Morgan fingerprint density at radius 3 is 2.89 bits per heavy atom. The molecular weight excluding hydrogens is 342 g/mol. The van der Waals surface area contributed by atoms with Gasteiger partial charge >= 0.3 is 0 Å². The van der Waals surface area contributed by atoms with E-state index in [0.717, 1.165) is 49.5 Å². The molecule has 1 unspecified atom stereocenters. The van der Waals surface area contributed by atoms with Gasteiger partial charge < -0.3 is 14.2 Å². The first-order chi connectivity index (χ1) is 13.3. The summed E-state index contributed by atoms with van der Waals surface area (Å²) in [5, 5.41) is 3.00. The Bertz CT molecular complexity index is 858. The number of hydrogen-bond donors (Lipinski definition) is 1. The highest BCUT2D eigenvalue weighted by Crippen LogP contribution is 2.20. The fraction of sp³-hybridized carbons (Fsp3) is 0.333. The summed E-state index contributed by atoms with van der Waals surface area (Å²) in [6, 6.07) is 13.6. The Hall–Kier alpha value is -2.86. The fourth-order valence-electron chi connectivity index (χ4n) is 3.46. The zero-order chi connectivity index (χ0) is 18.5. The molecule has 1 saturated heterocycles. The van der Waals surface area contributed by atoms with E-state index in [0.29, 0.717) is 12.4 Å². The lowest BCUT2D eigenvalue weighted by Crippen LogP contribution is -2.42. The van der Waals surface area contributed by atoms with Crippen molar-refractivity contribution in [1.82, 2.24) is 15.2 Å². The number of oxazole rings is 1. The molecule has 6 heteroatoms.